The lowest BCUT2D eigenvalue weighted by Gasteiger charge is -2.20. The zero-order valence-corrected chi connectivity index (χ0v) is 17.4. The van der Waals surface area contributed by atoms with E-state index in [4.69, 9.17) is 27.9 Å². The number of carbonyl (C=O) groups is 1. The highest BCUT2D eigenvalue weighted by Crippen LogP contribution is 2.26. The Morgan fingerprint density at radius 1 is 1.18 bits per heavy atom. The third-order valence-corrected chi connectivity index (χ3v) is 6.58. The maximum Gasteiger partial charge on any atom is 0.261 e. The standard InChI is InChI=1S/C19H20Cl2N2O4S/c1-12(18-6-3-9-27-18)22-19(24)13-4-2-5-14(10-13)23-28(25,26)15-7-8-16(20)17(21)11-15/h2,4-5,7-8,10-12,18,23H,3,6,9H2,1H3,(H,22,24)/t12-,18-/m1/s1. The van der Waals surface area contributed by atoms with Crippen molar-refractivity contribution in [3.05, 3.63) is 58.1 Å². The Labute approximate surface area is 174 Å². The molecule has 1 amide bonds. The average molecular weight is 443 g/mol. The van der Waals surface area contributed by atoms with E-state index in [0.29, 0.717) is 12.2 Å². The van der Waals surface area contributed by atoms with Crippen LogP contribution in [0.25, 0.3) is 0 Å². The lowest BCUT2D eigenvalue weighted by Crippen LogP contribution is -2.40. The first-order valence-electron chi connectivity index (χ1n) is 8.77. The van der Waals surface area contributed by atoms with E-state index in [0.717, 1.165) is 12.8 Å². The molecule has 9 heteroatoms. The normalized spacial score (nSPS) is 17.9. The van der Waals surface area contributed by atoms with Crippen molar-refractivity contribution >= 4 is 44.8 Å². The first-order chi connectivity index (χ1) is 13.3. The van der Waals surface area contributed by atoms with Crippen molar-refractivity contribution < 1.29 is 17.9 Å². The number of halogens is 2. The minimum Gasteiger partial charge on any atom is -0.376 e. The van der Waals surface area contributed by atoms with Crippen molar-refractivity contribution in [1.29, 1.82) is 0 Å². The van der Waals surface area contributed by atoms with Crippen molar-refractivity contribution in [3.8, 4) is 0 Å². The molecule has 0 radical (unpaired) electrons. The van der Waals surface area contributed by atoms with Gasteiger partial charge in [-0.15, -0.1) is 0 Å². The van der Waals surface area contributed by atoms with E-state index in [1.165, 1.54) is 24.3 Å². The highest BCUT2D eigenvalue weighted by atomic mass is 35.5. The molecule has 1 saturated heterocycles. The van der Waals surface area contributed by atoms with Crippen LogP contribution in [0, 0.1) is 0 Å². The fourth-order valence-corrected chi connectivity index (χ4v) is 4.40. The molecular formula is C19H20Cl2N2O4S. The van der Waals surface area contributed by atoms with E-state index >= 15 is 0 Å². The van der Waals surface area contributed by atoms with E-state index < -0.39 is 10.0 Å². The predicted molar refractivity (Wildman–Crippen MR) is 110 cm³/mol. The number of sulfonamides is 1. The Kier molecular flexibility index (Phi) is 6.50. The minimum atomic E-state index is -3.88. The fourth-order valence-electron chi connectivity index (χ4n) is 2.96. The summed E-state index contributed by atoms with van der Waals surface area (Å²) >= 11 is 11.7. The van der Waals surface area contributed by atoms with E-state index in [1.807, 2.05) is 6.92 Å². The number of ether oxygens (including phenoxy) is 1. The van der Waals surface area contributed by atoms with Gasteiger partial charge in [0.05, 0.1) is 27.1 Å². The topological polar surface area (TPSA) is 84.5 Å². The Morgan fingerprint density at radius 2 is 1.96 bits per heavy atom. The van der Waals surface area contributed by atoms with E-state index in [-0.39, 0.29) is 38.7 Å². The van der Waals surface area contributed by atoms with Crippen LogP contribution in [-0.2, 0) is 14.8 Å². The van der Waals surface area contributed by atoms with Gasteiger partial charge in [0.15, 0.2) is 0 Å². The molecular weight excluding hydrogens is 423 g/mol. The van der Waals surface area contributed by atoms with Crippen molar-refractivity contribution in [1.82, 2.24) is 5.32 Å². The molecule has 2 N–H and O–H groups in total. The summed E-state index contributed by atoms with van der Waals surface area (Å²) in [5, 5.41) is 3.30. The number of rotatable bonds is 6. The van der Waals surface area contributed by atoms with Crippen LogP contribution in [-0.4, -0.2) is 33.1 Å². The highest BCUT2D eigenvalue weighted by molar-refractivity contribution is 7.92. The van der Waals surface area contributed by atoms with Gasteiger partial charge < -0.3 is 10.1 Å². The molecule has 150 valence electrons. The number of nitrogens with one attached hydrogen (secondary N) is 2. The minimum absolute atomic E-state index is 0.000267. The summed E-state index contributed by atoms with van der Waals surface area (Å²) in [6.07, 6.45) is 1.89. The summed E-state index contributed by atoms with van der Waals surface area (Å²) in [4.78, 5) is 12.5. The van der Waals surface area contributed by atoms with Crippen molar-refractivity contribution in [3.63, 3.8) is 0 Å². The van der Waals surface area contributed by atoms with Gasteiger partial charge in [0.25, 0.3) is 15.9 Å². The van der Waals surface area contributed by atoms with E-state index in [9.17, 15) is 13.2 Å². The molecule has 2 atom stereocenters. The largest absolute Gasteiger partial charge is 0.376 e. The van der Waals surface area contributed by atoms with E-state index in [2.05, 4.69) is 10.0 Å². The lowest BCUT2D eigenvalue weighted by molar-refractivity contribution is 0.0712. The fraction of sp³-hybridized carbons (Fsp3) is 0.316. The van der Waals surface area contributed by atoms with Crippen LogP contribution in [0.3, 0.4) is 0 Å². The van der Waals surface area contributed by atoms with Gasteiger partial charge in [-0.25, -0.2) is 8.42 Å². The van der Waals surface area contributed by atoms with Gasteiger partial charge >= 0.3 is 0 Å². The van der Waals surface area contributed by atoms with Crippen LogP contribution in [0.2, 0.25) is 10.0 Å². The van der Waals surface area contributed by atoms with Crippen molar-refractivity contribution in [2.75, 3.05) is 11.3 Å². The number of amides is 1. The highest BCUT2D eigenvalue weighted by Gasteiger charge is 2.24. The second-order valence-electron chi connectivity index (χ2n) is 6.58. The van der Waals surface area contributed by atoms with Crippen molar-refractivity contribution in [2.24, 2.45) is 0 Å². The molecule has 0 unspecified atom stereocenters. The zero-order valence-electron chi connectivity index (χ0n) is 15.1. The average Bonchev–Trinajstić information content (AvgIpc) is 3.18. The quantitative estimate of drug-likeness (QED) is 0.705. The Bertz CT molecular complexity index is 976. The molecule has 28 heavy (non-hydrogen) atoms. The molecule has 0 bridgehead atoms. The van der Waals surface area contributed by atoms with Crippen molar-refractivity contribution in [2.45, 2.75) is 36.8 Å². The SMILES string of the molecule is C[C@@H](NC(=O)c1cccc(NS(=O)(=O)c2ccc(Cl)c(Cl)c2)c1)[C@H]1CCCO1. The van der Waals surface area contributed by atoms with Gasteiger partial charge in [0.2, 0.25) is 0 Å². The maximum absolute atomic E-state index is 12.6. The van der Waals surface area contributed by atoms with Gasteiger partial charge in [-0.3, -0.25) is 9.52 Å². The van der Waals surface area contributed by atoms with Gasteiger partial charge in [-0.2, -0.15) is 0 Å². The summed E-state index contributed by atoms with van der Waals surface area (Å²) < 4.78 is 33.2. The van der Waals surface area contributed by atoms with Crippen LogP contribution < -0.4 is 10.0 Å². The second kappa shape index (κ2) is 8.69. The molecule has 0 aromatic heterocycles. The summed E-state index contributed by atoms with van der Waals surface area (Å²) in [5.74, 6) is -0.293. The molecule has 2 aromatic carbocycles. The molecule has 0 spiro atoms. The molecule has 6 nitrogen and oxygen atoms in total. The van der Waals surface area contributed by atoms with Crippen LogP contribution >= 0.6 is 23.2 Å². The lowest BCUT2D eigenvalue weighted by atomic mass is 10.1. The van der Waals surface area contributed by atoms with E-state index in [1.54, 1.807) is 18.2 Å². The summed E-state index contributed by atoms with van der Waals surface area (Å²) in [6.45, 7) is 2.60. The van der Waals surface area contributed by atoms with Crippen LogP contribution in [0.4, 0.5) is 5.69 Å². The molecule has 1 heterocycles. The zero-order chi connectivity index (χ0) is 20.3. The monoisotopic (exact) mass is 442 g/mol. The third kappa shape index (κ3) is 4.97. The number of anilines is 1. The Hall–Kier alpha value is -1.80. The van der Waals surface area contributed by atoms with Crippen LogP contribution in [0.15, 0.2) is 47.4 Å². The first-order valence-corrected chi connectivity index (χ1v) is 11.0. The smallest absolute Gasteiger partial charge is 0.261 e. The number of carbonyl (C=O) groups excluding carboxylic acids is 1. The van der Waals surface area contributed by atoms with Gasteiger partial charge in [-0.05, 0) is 56.2 Å². The molecule has 3 rings (SSSR count). The Balaban J connectivity index is 1.73. The molecule has 1 fully saturated rings. The summed E-state index contributed by atoms with van der Waals surface area (Å²) in [5.41, 5.74) is 0.614. The maximum atomic E-state index is 12.6. The van der Waals surface area contributed by atoms with Gasteiger partial charge in [0, 0.05) is 17.9 Å². The molecule has 0 aliphatic carbocycles. The number of hydrogen-bond donors (Lipinski definition) is 2. The third-order valence-electron chi connectivity index (χ3n) is 4.46. The van der Waals surface area contributed by atoms with Gasteiger partial charge in [0.1, 0.15) is 0 Å². The molecule has 0 saturated carbocycles. The Morgan fingerprint density at radius 3 is 2.64 bits per heavy atom. The molecule has 1 aliphatic heterocycles. The summed E-state index contributed by atoms with van der Waals surface area (Å²) in [6, 6.07) is 10.2. The first kappa shape index (κ1) is 20.9. The number of hydrogen-bond acceptors (Lipinski definition) is 4. The molecule has 1 aliphatic rings. The second-order valence-corrected chi connectivity index (χ2v) is 9.07. The number of benzene rings is 2. The predicted octanol–water partition coefficient (Wildman–Crippen LogP) is 4.09. The summed E-state index contributed by atoms with van der Waals surface area (Å²) in [7, 11) is -3.88. The van der Waals surface area contributed by atoms with Crippen LogP contribution in [0.1, 0.15) is 30.1 Å². The van der Waals surface area contributed by atoms with Crippen LogP contribution in [0.5, 0.6) is 0 Å². The van der Waals surface area contributed by atoms with Gasteiger partial charge in [-0.1, -0.05) is 29.3 Å². The molecule has 2 aromatic rings.